The average Bonchev–Trinajstić information content (AvgIpc) is 2.70. The Morgan fingerprint density at radius 3 is 2.65 bits per heavy atom. The summed E-state index contributed by atoms with van der Waals surface area (Å²) in [4.78, 5) is 10.9. The molecule has 0 radical (unpaired) electrons. The van der Waals surface area contributed by atoms with E-state index in [1.165, 1.54) is 25.7 Å². The number of ether oxygens (including phenoxy) is 1. The molecule has 1 atom stereocenters. The lowest BCUT2D eigenvalue weighted by atomic mass is 10.2. The van der Waals surface area contributed by atoms with Crippen LogP contribution in [0.3, 0.4) is 0 Å². The van der Waals surface area contributed by atoms with Gasteiger partial charge in [0, 0.05) is 26.2 Å². The number of rotatable bonds is 5. The molecular weight excluding hydrogens is 254 g/mol. The number of anilines is 3. The smallest absolute Gasteiger partial charge is 0.157 e. The number of methoxy groups -OCH3 is 1. The Morgan fingerprint density at radius 2 is 2.00 bits per heavy atom. The van der Waals surface area contributed by atoms with Crippen LogP contribution in [0.1, 0.15) is 32.6 Å². The first-order valence-corrected chi connectivity index (χ1v) is 7.33. The SMILES string of the molecule is COCC(C)Nc1ncnc(N2CCCCCC2)c1N. The van der Waals surface area contributed by atoms with E-state index in [0.717, 1.165) is 18.9 Å². The summed E-state index contributed by atoms with van der Waals surface area (Å²) in [5, 5.41) is 3.28. The van der Waals surface area contributed by atoms with Crippen LogP contribution in [0.2, 0.25) is 0 Å². The van der Waals surface area contributed by atoms with Gasteiger partial charge >= 0.3 is 0 Å². The van der Waals surface area contributed by atoms with Gasteiger partial charge in [-0.15, -0.1) is 0 Å². The van der Waals surface area contributed by atoms with Gasteiger partial charge in [-0.1, -0.05) is 12.8 Å². The largest absolute Gasteiger partial charge is 0.393 e. The molecule has 3 N–H and O–H groups in total. The molecule has 0 amide bonds. The van der Waals surface area contributed by atoms with E-state index in [4.69, 9.17) is 10.5 Å². The number of nitrogens with zero attached hydrogens (tertiary/aromatic N) is 3. The molecule has 2 rings (SSSR count). The lowest BCUT2D eigenvalue weighted by Crippen LogP contribution is -2.27. The van der Waals surface area contributed by atoms with Gasteiger partial charge in [-0.05, 0) is 19.8 Å². The van der Waals surface area contributed by atoms with E-state index in [1.54, 1.807) is 13.4 Å². The van der Waals surface area contributed by atoms with Crippen LogP contribution in [0, 0.1) is 0 Å². The molecule has 0 aromatic carbocycles. The first kappa shape index (κ1) is 14.8. The molecule has 0 bridgehead atoms. The zero-order chi connectivity index (χ0) is 14.4. The van der Waals surface area contributed by atoms with Crippen molar-refractivity contribution in [1.29, 1.82) is 0 Å². The molecule has 6 heteroatoms. The number of hydrogen-bond donors (Lipinski definition) is 2. The maximum Gasteiger partial charge on any atom is 0.157 e. The lowest BCUT2D eigenvalue weighted by Gasteiger charge is -2.24. The van der Waals surface area contributed by atoms with Crippen molar-refractivity contribution in [2.75, 3.05) is 42.8 Å². The normalized spacial score (nSPS) is 17.6. The molecule has 0 aliphatic carbocycles. The zero-order valence-electron chi connectivity index (χ0n) is 12.4. The third kappa shape index (κ3) is 3.72. The Bertz CT molecular complexity index is 418. The van der Waals surface area contributed by atoms with Crippen molar-refractivity contribution in [2.24, 2.45) is 0 Å². The molecule has 1 saturated heterocycles. The predicted molar refractivity (Wildman–Crippen MR) is 82.1 cm³/mol. The molecule has 112 valence electrons. The zero-order valence-corrected chi connectivity index (χ0v) is 12.4. The fourth-order valence-electron chi connectivity index (χ4n) is 2.56. The van der Waals surface area contributed by atoms with Crippen molar-refractivity contribution in [2.45, 2.75) is 38.6 Å². The maximum absolute atomic E-state index is 6.24. The van der Waals surface area contributed by atoms with Gasteiger partial charge in [-0.2, -0.15) is 0 Å². The highest BCUT2D eigenvalue weighted by Gasteiger charge is 2.17. The maximum atomic E-state index is 6.24. The highest BCUT2D eigenvalue weighted by Crippen LogP contribution is 2.28. The van der Waals surface area contributed by atoms with E-state index in [-0.39, 0.29) is 6.04 Å². The molecule has 6 nitrogen and oxygen atoms in total. The Balaban J connectivity index is 2.13. The average molecular weight is 279 g/mol. The van der Waals surface area contributed by atoms with Gasteiger partial charge in [-0.25, -0.2) is 9.97 Å². The summed E-state index contributed by atoms with van der Waals surface area (Å²) in [6.45, 7) is 4.70. The van der Waals surface area contributed by atoms with Crippen molar-refractivity contribution in [1.82, 2.24) is 9.97 Å². The third-order valence-electron chi connectivity index (χ3n) is 3.57. The van der Waals surface area contributed by atoms with Crippen molar-refractivity contribution < 1.29 is 4.74 Å². The van der Waals surface area contributed by atoms with Gasteiger partial charge in [0.2, 0.25) is 0 Å². The fraction of sp³-hybridized carbons (Fsp3) is 0.714. The van der Waals surface area contributed by atoms with E-state index in [2.05, 4.69) is 20.2 Å². The van der Waals surface area contributed by atoms with E-state index in [0.29, 0.717) is 18.1 Å². The van der Waals surface area contributed by atoms with Gasteiger partial charge in [0.05, 0.1) is 6.61 Å². The topological polar surface area (TPSA) is 76.3 Å². The number of hydrogen-bond acceptors (Lipinski definition) is 6. The minimum atomic E-state index is 0.161. The monoisotopic (exact) mass is 279 g/mol. The molecule has 0 saturated carbocycles. The third-order valence-corrected chi connectivity index (χ3v) is 3.57. The van der Waals surface area contributed by atoms with Gasteiger partial charge in [0.1, 0.15) is 12.0 Å². The van der Waals surface area contributed by atoms with Crippen molar-refractivity contribution in [3.8, 4) is 0 Å². The Morgan fingerprint density at radius 1 is 1.30 bits per heavy atom. The van der Waals surface area contributed by atoms with Crippen LogP contribution in [0.4, 0.5) is 17.3 Å². The van der Waals surface area contributed by atoms with Gasteiger partial charge in [0.25, 0.3) is 0 Å². The molecule has 1 aromatic rings. The standard InChI is InChI=1S/C14H25N5O/c1-11(9-20-2)18-13-12(15)14(17-10-16-13)19-7-5-3-4-6-8-19/h10-11H,3-9,15H2,1-2H3,(H,16,17,18). The van der Waals surface area contributed by atoms with Crippen LogP contribution in [0.15, 0.2) is 6.33 Å². The van der Waals surface area contributed by atoms with E-state index >= 15 is 0 Å². The summed E-state index contributed by atoms with van der Waals surface area (Å²) < 4.78 is 5.12. The first-order chi connectivity index (χ1) is 9.72. The van der Waals surface area contributed by atoms with Crippen LogP contribution < -0.4 is 16.0 Å². The summed E-state index contributed by atoms with van der Waals surface area (Å²) in [6, 6.07) is 0.161. The van der Waals surface area contributed by atoms with Gasteiger partial charge < -0.3 is 20.7 Å². The predicted octanol–water partition coefficient (Wildman–Crippen LogP) is 1.89. The van der Waals surface area contributed by atoms with Gasteiger partial charge in [0.15, 0.2) is 11.6 Å². The second-order valence-corrected chi connectivity index (χ2v) is 5.36. The van der Waals surface area contributed by atoms with Crippen molar-refractivity contribution in [3.63, 3.8) is 0 Å². The van der Waals surface area contributed by atoms with Crippen LogP contribution in [0.25, 0.3) is 0 Å². The van der Waals surface area contributed by atoms with Crippen molar-refractivity contribution in [3.05, 3.63) is 6.33 Å². The second kappa shape index (κ2) is 7.28. The summed E-state index contributed by atoms with van der Waals surface area (Å²) in [5.41, 5.74) is 6.88. The quantitative estimate of drug-likeness (QED) is 0.857. The van der Waals surface area contributed by atoms with Crippen LogP contribution in [-0.2, 0) is 4.74 Å². The molecule has 1 aliphatic heterocycles. The molecule has 2 heterocycles. The van der Waals surface area contributed by atoms with Gasteiger partial charge in [-0.3, -0.25) is 0 Å². The van der Waals surface area contributed by atoms with E-state index in [1.807, 2.05) is 6.92 Å². The highest BCUT2D eigenvalue weighted by atomic mass is 16.5. The summed E-state index contributed by atoms with van der Waals surface area (Å²) in [7, 11) is 1.68. The number of nitrogen functional groups attached to an aromatic ring is 1. The molecule has 1 unspecified atom stereocenters. The fourth-order valence-corrected chi connectivity index (χ4v) is 2.56. The Labute approximate surface area is 120 Å². The van der Waals surface area contributed by atoms with Crippen molar-refractivity contribution >= 4 is 17.3 Å². The Hall–Kier alpha value is -1.56. The second-order valence-electron chi connectivity index (χ2n) is 5.36. The van der Waals surface area contributed by atoms with Crippen LogP contribution in [-0.4, -0.2) is 42.8 Å². The summed E-state index contributed by atoms with van der Waals surface area (Å²) in [6.07, 6.45) is 6.56. The molecule has 1 fully saturated rings. The van der Waals surface area contributed by atoms with E-state index in [9.17, 15) is 0 Å². The molecule has 1 aromatic heterocycles. The number of aromatic nitrogens is 2. The minimum Gasteiger partial charge on any atom is -0.393 e. The molecule has 1 aliphatic rings. The highest BCUT2D eigenvalue weighted by molar-refractivity contribution is 5.75. The lowest BCUT2D eigenvalue weighted by molar-refractivity contribution is 0.190. The van der Waals surface area contributed by atoms with Crippen LogP contribution in [0.5, 0.6) is 0 Å². The first-order valence-electron chi connectivity index (χ1n) is 7.33. The molecule has 0 spiro atoms. The van der Waals surface area contributed by atoms with Crippen LogP contribution >= 0.6 is 0 Å². The molecular formula is C14H25N5O. The number of nitrogens with two attached hydrogens (primary N) is 1. The summed E-state index contributed by atoms with van der Waals surface area (Å²) in [5.74, 6) is 1.55. The Kier molecular flexibility index (Phi) is 5.40. The minimum absolute atomic E-state index is 0.161. The molecule has 20 heavy (non-hydrogen) atoms. The van der Waals surface area contributed by atoms with E-state index < -0.39 is 0 Å². The number of nitrogens with one attached hydrogen (secondary N) is 1. The summed E-state index contributed by atoms with van der Waals surface area (Å²) >= 11 is 0.